The van der Waals surface area contributed by atoms with Gasteiger partial charge in [0.2, 0.25) is 0 Å². The number of allylic oxidation sites excluding steroid dienone is 1. The highest BCUT2D eigenvalue weighted by molar-refractivity contribution is 9.09. The summed E-state index contributed by atoms with van der Waals surface area (Å²) >= 11 is 3.37. The molecular formula is C7H13Br. The van der Waals surface area contributed by atoms with Crippen molar-refractivity contribution in [1.82, 2.24) is 0 Å². The van der Waals surface area contributed by atoms with E-state index in [9.17, 15) is 0 Å². The first-order valence-electron chi connectivity index (χ1n) is 2.99. The van der Waals surface area contributed by atoms with Crippen LogP contribution in [0.3, 0.4) is 0 Å². The van der Waals surface area contributed by atoms with E-state index in [1.54, 1.807) is 0 Å². The lowest BCUT2D eigenvalue weighted by Crippen LogP contribution is -1.87. The maximum absolute atomic E-state index is 3.70. The molecule has 0 fully saturated rings. The Morgan fingerprint density at radius 3 is 2.75 bits per heavy atom. The Bertz CT molecular complexity index is 59.4. The predicted octanol–water partition coefficient (Wildman–Crippen LogP) is 2.98. The van der Waals surface area contributed by atoms with E-state index < -0.39 is 0 Å². The zero-order chi connectivity index (χ0) is 6.41. The van der Waals surface area contributed by atoms with Crippen LogP contribution in [-0.4, -0.2) is 5.33 Å². The molecule has 1 heteroatoms. The summed E-state index contributed by atoms with van der Waals surface area (Å²) in [6, 6.07) is 0. The van der Waals surface area contributed by atoms with Gasteiger partial charge in [0.25, 0.3) is 0 Å². The van der Waals surface area contributed by atoms with Crippen molar-refractivity contribution in [3.05, 3.63) is 12.7 Å². The van der Waals surface area contributed by atoms with Gasteiger partial charge in [-0.05, 0) is 18.8 Å². The Hall–Kier alpha value is 0.220. The van der Waals surface area contributed by atoms with Crippen LogP contribution in [0.1, 0.15) is 19.8 Å². The van der Waals surface area contributed by atoms with Crippen LogP contribution in [0.5, 0.6) is 0 Å². The minimum absolute atomic E-state index is 0.688. The highest BCUT2D eigenvalue weighted by atomic mass is 79.9. The highest BCUT2D eigenvalue weighted by Crippen LogP contribution is 2.06. The van der Waals surface area contributed by atoms with Crippen LogP contribution in [0.2, 0.25) is 0 Å². The third-order valence-electron chi connectivity index (χ3n) is 1.20. The van der Waals surface area contributed by atoms with Crippen molar-refractivity contribution in [2.45, 2.75) is 19.8 Å². The molecule has 48 valence electrons. The normalized spacial score (nSPS) is 13.2. The topological polar surface area (TPSA) is 0 Å². The summed E-state index contributed by atoms with van der Waals surface area (Å²) in [6.45, 7) is 5.89. The molecule has 0 radical (unpaired) electrons. The molecule has 0 aromatic carbocycles. The molecule has 0 rings (SSSR count). The molecule has 0 spiro atoms. The maximum Gasteiger partial charge on any atom is 0.00315 e. The maximum atomic E-state index is 3.70. The smallest absolute Gasteiger partial charge is 0.00315 e. The molecule has 0 N–H and O–H groups in total. The molecular weight excluding hydrogens is 164 g/mol. The Labute approximate surface area is 60.1 Å². The number of hydrogen-bond donors (Lipinski definition) is 0. The number of rotatable bonds is 4. The molecule has 0 aromatic heterocycles. The Kier molecular flexibility index (Phi) is 5.51. The molecule has 0 saturated carbocycles. The Morgan fingerprint density at radius 2 is 2.38 bits per heavy atom. The highest BCUT2D eigenvalue weighted by Gasteiger charge is 1.92. The van der Waals surface area contributed by atoms with Gasteiger partial charge in [0.1, 0.15) is 0 Å². The largest absolute Gasteiger partial charge is 0.103 e. The average Bonchev–Trinajstić information content (AvgIpc) is 1.83. The Balaban J connectivity index is 2.98. The third kappa shape index (κ3) is 4.38. The van der Waals surface area contributed by atoms with Gasteiger partial charge >= 0.3 is 0 Å². The van der Waals surface area contributed by atoms with Gasteiger partial charge in [-0.15, -0.1) is 6.58 Å². The standard InChI is InChI=1S/C7H13Br/c1-3-7(2)5-4-6-8/h3,7H,1,4-6H2,2H3. The van der Waals surface area contributed by atoms with Gasteiger partial charge < -0.3 is 0 Å². The monoisotopic (exact) mass is 176 g/mol. The lowest BCUT2D eigenvalue weighted by molar-refractivity contribution is 0.641. The molecule has 1 unspecified atom stereocenters. The first kappa shape index (κ1) is 8.22. The van der Waals surface area contributed by atoms with Crippen molar-refractivity contribution in [2.75, 3.05) is 5.33 Å². The molecule has 0 bridgehead atoms. The van der Waals surface area contributed by atoms with Crippen LogP contribution >= 0.6 is 15.9 Å². The lowest BCUT2D eigenvalue weighted by atomic mass is 10.1. The van der Waals surface area contributed by atoms with Gasteiger partial charge in [0.15, 0.2) is 0 Å². The number of hydrogen-bond acceptors (Lipinski definition) is 0. The quantitative estimate of drug-likeness (QED) is 0.457. The van der Waals surface area contributed by atoms with Crippen LogP contribution in [0, 0.1) is 5.92 Å². The summed E-state index contributed by atoms with van der Waals surface area (Å²) in [6.07, 6.45) is 4.52. The van der Waals surface area contributed by atoms with Crippen molar-refractivity contribution in [3.8, 4) is 0 Å². The fourth-order valence-electron chi connectivity index (χ4n) is 0.517. The molecule has 8 heavy (non-hydrogen) atoms. The van der Waals surface area contributed by atoms with Gasteiger partial charge in [-0.2, -0.15) is 0 Å². The van der Waals surface area contributed by atoms with E-state index in [2.05, 4.69) is 29.4 Å². The molecule has 0 amide bonds. The fraction of sp³-hybridized carbons (Fsp3) is 0.714. The zero-order valence-corrected chi connectivity index (χ0v) is 6.95. The van der Waals surface area contributed by atoms with E-state index in [0.717, 1.165) is 5.33 Å². The van der Waals surface area contributed by atoms with E-state index in [0.29, 0.717) is 5.92 Å². The second kappa shape index (κ2) is 5.36. The van der Waals surface area contributed by atoms with Crippen molar-refractivity contribution < 1.29 is 0 Å². The summed E-state index contributed by atoms with van der Waals surface area (Å²) in [5.41, 5.74) is 0. The summed E-state index contributed by atoms with van der Waals surface area (Å²) in [5.74, 6) is 0.688. The van der Waals surface area contributed by atoms with Crippen LogP contribution in [-0.2, 0) is 0 Å². The van der Waals surface area contributed by atoms with Gasteiger partial charge in [-0.25, -0.2) is 0 Å². The van der Waals surface area contributed by atoms with Crippen molar-refractivity contribution in [2.24, 2.45) is 5.92 Å². The van der Waals surface area contributed by atoms with E-state index in [1.165, 1.54) is 12.8 Å². The van der Waals surface area contributed by atoms with Crippen LogP contribution in [0.25, 0.3) is 0 Å². The van der Waals surface area contributed by atoms with E-state index in [4.69, 9.17) is 0 Å². The summed E-state index contributed by atoms with van der Waals surface area (Å²) in [7, 11) is 0. The molecule has 0 aliphatic rings. The van der Waals surface area contributed by atoms with E-state index >= 15 is 0 Å². The number of alkyl halides is 1. The van der Waals surface area contributed by atoms with Gasteiger partial charge in [-0.3, -0.25) is 0 Å². The zero-order valence-electron chi connectivity index (χ0n) is 5.36. The average molecular weight is 177 g/mol. The minimum atomic E-state index is 0.688. The van der Waals surface area contributed by atoms with Gasteiger partial charge in [0, 0.05) is 5.33 Å². The van der Waals surface area contributed by atoms with Gasteiger partial charge in [0.05, 0.1) is 0 Å². The molecule has 0 aromatic rings. The molecule has 0 nitrogen and oxygen atoms in total. The van der Waals surface area contributed by atoms with Crippen molar-refractivity contribution in [1.29, 1.82) is 0 Å². The molecule has 0 heterocycles. The van der Waals surface area contributed by atoms with E-state index in [1.807, 2.05) is 6.08 Å². The first-order valence-corrected chi connectivity index (χ1v) is 4.12. The van der Waals surface area contributed by atoms with Crippen molar-refractivity contribution >= 4 is 15.9 Å². The second-order valence-electron chi connectivity index (χ2n) is 2.04. The molecule has 0 aliphatic carbocycles. The molecule has 1 atom stereocenters. The minimum Gasteiger partial charge on any atom is -0.103 e. The summed E-state index contributed by atoms with van der Waals surface area (Å²) < 4.78 is 0. The van der Waals surface area contributed by atoms with Crippen LogP contribution in [0.15, 0.2) is 12.7 Å². The fourth-order valence-corrected chi connectivity index (χ4v) is 0.841. The van der Waals surface area contributed by atoms with Crippen LogP contribution in [0.4, 0.5) is 0 Å². The third-order valence-corrected chi connectivity index (χ3v) is 1.76. The lowest BCUT2D eigenvalue weighted by Gasteiger charge is -2.00. The Morgan fingerprint density at radius 1 is 1.75 bits per heavy atom. The summed E-state index contributed by atoms with van der Waals surface area (Å²) in [4.78, 5) is 0. The van der Waals surface area contributed by atoms with Crippen molar-refractivity contribution in [3.63, 3.8) is 0 Å². The SMILES string of the molecule is C=CC(C)CCCBr. The first-order chi connectivity index (χ1) is 3.81. The molecule has 0 aliphatic heterocycles. The number of halogens is 1. The summed E-state index contributed by atoms with van der Waals surface area (Å²) in [5, 5.41) is 1.12. The molecule has 0 saturated heterocycles. The van der Waals surface area contributed by atoms with Crippen LogP contribution < -0.4 is 0 Å². The van der Waals surface area contributed by atoms with Gasteiger partial charge in [-0.1, -0.05) is 28.9 Å². The van der Waals surface area contributed by atoms with E-state index in [-0.39, 0.29) is 0 Å². The second-order valence-corrected chi connectivity index (χ2v) is 2.84. The predicted molar refractivity (Wildman–Crippen MR) is 42.4 cm³/mol.